The predicted octanol–water partition coefficient (Wildman–Crippen LogP) is 1.70. The molecule has 0 saturated heterocycles. The molecule has 0 spiro atoms. The topological polar surface area (TPSA) is 58.0 Å². The van der Waals surface area contributed by atoms with Gasteiger partial charge in [-0.25, -0.2) is 9.97 Å². The van der Waals surface area contributed by atoms with E-state index < -0.39 is 0 Å². The Morgan fingerprint density at radius 1 is 1.57 bits per heavy atom. The molecule has 0 bridgehead atoms. The van der Waals surface area contributed by atoms with Gasteiger partial charge in [0.05, 0.1) is 6.10 Å². The number of rotatable bonds is 4. The van der Waals surface area contributed by atoms with Gasteiger partial charge in [-0.1, -0.05) is 0 Å². The first-order valence-electron chi connectivity index (χ1n) is 4.51. The molecule has 0 aromatic carbocycles. The van der Waals surface area contributed by atoms with E-state index in [0.717, 1.165) is 0 Å². The summed E-state index contributed by atoms with van der Waals surface area (Å²) in [6, 6.07) is 1.89. The molecular formula is C9H14ClN3O. The van der Waals surface area contributed by atoms with Crippen molar-refractivity contribution >= 4 is 17.4 Å². The SMILES string of the molecule is CC(O)CC(C)Nc1ccnc(Cl)n1. The monoisotopic (exact) mass is 215 g/mol. The number of aliphatic hydroxyl groups is 1. The average molecular weight is 216 g/mol. The Hall–Kier alpha value is -0.870. The Balaban J connectivity index is 2.51. The lowest BCUT2D eigenvalue weighted by atomic mass is 10.1. The zero-order valence-corrected chi connectivity index (χ0v) is 8.99. The third kappa shape index (κ3) is 3.89. The Morgan fingerprint density at radius 3 is 2.86 bits per heavy atom. The second kappa shape index (κ2) is 5.12. The van der Waals surface area contributed by atoms with E-state index in [1.165, 1.54) is 0 Å². The molecule has 0 aliphatic heterocycles. The van der Waals surface area contributed by atoms with Crippen molar-refractivity contribution < 1.29 is 5.11 Å². The van der Waals surface area contributed by atoms with E-state index in [0.29, 0.717) is 12.2 Å². The summed E-state index contributed by atoms with van der Waals surface area (Å²) in [6.07, 6.45) is 1.93. The zero-order valence-electron chi connectivity index (χ0n) is 8.24. The Kier molecular flexibility index (Phi) is 4.10. The van der Waals surface area contributed by atoms with Gasteiger partial charge < -0.3 is 10.4 Å². The van der Waals surface area contributed by atoms with Gasteiger partial charge in [-0.15, -0.1) is 0 Å². The molecule has 2 atom stereocenters. The smallest absolute Gasteiger partial charge is 0.224 e. The molecule has 78 valence electrons. The van der Waals surface area contributed by atoms with Gasteiger partial charge in [0.2, 0.25) is 5.28 Å². The second-order valence-electron chi connectivity index (χ2n) is 3.34. The number of hydrogen-bond donors (Lipinski definition) is 2. The average Bonchev–Trinajstić information content (AvgIpc) is 2.01. The summed E-state index contributed by atoms with van der Waals surface area (Å²) in [4.78, 5) is 7.76. The van der Waals surface area contributed by atoms with E-state index in [4.69, 9.17) is 16.7 Å². The first-order valence-corrected chi connectivity index (χ1v) is 4.89. The van der Waals surface area contributed by atoms with Crippen LogP contribution in [0.4, 0.5) is 5.82 Å². The van der Waals surface area contributed by atoms with Crippen LogP contribution in [0, 0.1) is 0 Å². The normalized spacial score (nSPS) is 14.9. The lowest BCUT2D eigenvalue weighted by molar-refractivity contribution is 0.179. The van der Waals surface area contributed by atoms with Crippen LogP contribution in [0.25, 0.3) is 0 Å². The van der Waals surface area contributed by atoms with E-state index in [-0.39, 0.29) is 17.4 Å². The van der Waals surface area contributed by atoms with Crippen LogP contribution < -0.4 is 5.32 Å². The molecular weight excluding hydrogens is 202 g/mol. The molecule has 0 aliphatic carbocycles. The Labute approximate surface area is 88.3 Å². The summed E-state index contributed by atoms with van der Waals surface area (Å²) in [5, 5.41) is 12.5. The van der Waals surface area contributed by atoms with Crippen molar-refractivity contribution in [3.05, 3.63) is 17.5 Å². The molecule has 0 saturated carbocycles. The van der Waals surface area contributed by atoms with Crippen molar-refractivity contribution in [1.82, 2.24) is 9.97 Å². The molecule has 2 unspecified atom stereocenters. The summed E-state index contributed by atoms with van der Waals surface area (Å²) >= 11 is 5.62. The number of nitrogens with one attached hydrogen (secondary N) is 1. The third-order valence-corrected chi connectivity index (χ3v) is 1.90. The number of aliphatic hydroxyl groups excluding tert-OH is 1. The number of anilines is 1. The summed E-state index contributed by atoms with van der Waals surface area (Å²) in [5.74, 6) is 0.679. The largest absolute Gasteiger partial charge is 0.393 e. The zero-order chi connectivity index (χ0) is 10.6. The first kappa shape index (κ1) is 11.2. The van der Waals surface area contributed by atoms with E-state index in [2.05, 4.69) is 15.3 Å². The summed E-state index contributed by atoms with van der Waals surface area (Å²) in [7, 11) is 0. The van der Waals surface area contributed by atoms with Gasteiger partial charge in [0.25, 0.3) is 0 Å². The van der Waals surface area contributed by atoms with Crippen LogP contribution in [0.2, 0.25) is 5.28 Å². The van der Waals surface area contributed by atoms with Crippen molar-refractivity contribution in [3.63, 3.8) is 0 Å². The summed E-state index contributed by atoms with van der Waals surface area (Å²) in [6.45, 7) is 3.73. The molecule has 14 heavy (non-hydrogen) atoms. The molecule has 0 amide bonds. The van der Waals surface area contributed by atoms with Gasteiger partial charge in [0, 0.05) is 12.2 Å². The minimum absolute atomic E-state index is 0.154. The first-order chi connectivity index (χ1) is 6.58. The third-order valence-electron chi connectivity index (χ3n) is 1.72. The highest BCUT2D eigenvalue weighted by Crippen LogP contribution is 2.09. The Bertz CT molecular complexity index is 293. The quantitative estimate of drug-likeness (QED) is 0.751. The van der Waals surface area contributed by atoms with Gasteiger partial charge in [0.1, 0.15) is 5.82 Å². The summed E-state index contributed by atoms with van der Waals surface area (Å²) in [5.41, 5.74) is 0. The van der Waals surface area contributed by atoms with Crippen molar-refractivity contribution in [2.45, 2.75) is 32.4 Å². The van der Waals surface area contributed by atoms with Gasteiger partial charge in [-0.3, -0.25) is 0 Å². The van der Waals surface area contributed by atoms with Crippen LogP contribution in [0.15, 0.2) is 12.3 Å². The molecule has 5 heteroatoms. The predicted molar refractivity (Wildman–Crippen MR) is 56.4 cm³/mol. The minimum Gasteiger partial charge on any atom is -0.393 e. The van der Waals surface area contributed by atoms with Crippen LogP contribution in [0.1, 0.15) is 20.3 Å². The highest BCUT2D eigenvalue weighted by Gasteiger charge is 2.06. The van der Waals surface area contributed by atoms with E-state index in [9.17, 15) is 0 Å². The molecule has 0 fully saturated rings. The minimum atomic E-state index is -0.324. The molecule has 1 rings (SSSR count). The molecule has 0 aliphatic rings. The van der Waals surface area contributed by atoms with Crippen LogP contribution in [0.3, 0.4) is 0 Å². The van der Waals surface area contributed by atoms with Crippen molar-refractivity contribution in [2.24, 2.45) is 0 Å². The van der Waals surface area contributed by atoms with Crippen molar-refractivity contribution in [3.8, 4) is 0 Å². The second-order valence-corrected chi connectivity index (χ2v) is 3.68. The lowest BCUT2D eigenvalue weighted by Gasteiger charge is -2.15. The molecule has 1 heterocycles. The molecule has 1 aromatic rings. The van der Waals surface area contributed by atoms with Crippen molar-refractivity contribution in [2.75, 3.05) is 5.32 Å². The van der Waals surface area contributed by atoms with Gasteiger partial charge >= 0.3 is 0 Å². The van der Waals surface area contributed by atoms with Crippen LogP contribution in [0.5, 0.6) is 0 Å². The summed E-state index contributed by atoms with van der Waals surface area (Å²) < 4.78 is 0. The van der Waals surface area contributed by atoms with Gasteiger partial charge in [0.15, 0.2) is 0 Å². The fourth-order valence-electron chi connectivity index (χ4n) is 1.24. The molecule has 4 nitrogen and oxygen atoms in total. The fourth-order valence-corrected chi connectivity index (χ4v) is 1.39. The number of halogens is 1. The Morgan fingerprint density at radius 2 is 2.29 bits per heavy atom. The van der Waals surface area contributed by atoms with Crippen LogP contribution in [-0.2, 0) is 0 Å². The van der Waals surface area contributed by atoms with Crippen LogP contribution >= 0.6 is 11.6 Å². The maximum absolute atomic E-state index is 9.16. The number of nitrogens with zero attached hydrogens (tertiary/aromatic N) is 2. The molecule has 2 N–H and O–H groups in total. The fraction of sp³-hybridized carbons (Fsp3) is 0.556. The van der Waals surface area contributed by atoms with Crippen LogP contribution in [-0.4, -0.2) is 27.2 Å². The highest BCUT2D eigenvalue weighted by atomic mass is 35.5. The maximum atomic E-state index is 9.16. The van der Waals surface area contributed by atoms with Gasteiger partial charge in [-0.05, 0) is 37.9 Å². The lowest BCUT2D eigenvalue weighted by Crippen LogP contribution is -2.21. The standard InChI is InChI=1S/C9H14ClN3O/c1-6(5-7(2)14)12-8-3-4-11-9(10)13-8/h3-4,6-7,14H,5H2,1-2H3,(H,11,12,13). The number of hydrogen-bond acceptors (Lipinski definition) is 4. The molecule has 0 radical (unpaired) electrons. The maximum Gasteiger partial charge on any atom is 0.224 e. The van der Waals surface area contributed by atoms with E-state index >= 15 is 0 Å². The van der Waals surface area contributed by atoms with E-state index in [1.807, 2.05) is 6.92 Å². The molecule has 1 aromatic heterocycles. The number of aromatic nitrogens is 2. The van der Waals surface area contributed by atoms with E-state index in [1.54, 1.807) is 19.2 Å². The van der Waals surface area contributed by atoms with Gasteiger partial charge in [-0.2, -0.15) is 0 Å². The highest BCUT2D eigenvalue weighted by molar-refractivity contribution is 6.28. The van der Waals surface area contributed by atoms with Crippen molar-refractivity contribution in [1.29, 1.82) is 0 Å².